The Morgan fingerprint density at radius 3 is 2.79 bits per heavy atom. The molecule has 0 amide bonds. The van der Waals surface area contributed by atoms with Gasteiger partial charge in [-0.05, 0) is 43.3 Å². The summed E-state index contributed by atoms with van der Waals surface area (Å²) < 4.78 is 1.01. The van der Waals surface area contributed by atoms with Crippen LogP contribution in [-0.4, -0.2) is 13.1 Å². The lowest BCUT2D eigenvalue weighted by atomic mass is 10.2. The average Bonchev–Trinajstić information content (AvgIpc) is 2.11. The Balaban J connectivity index is 2.42. The first-order valence-electron chi connectivity index (χ1n) is 4.58. The Hall–Kier alpha value is -0.0900. The number of nitrogens with one attached hydrogen (secondary N) is 1. The van der Waals surface area contributed by atoms with Gasteiger partial charge in [-0.15, -0.1) is 0 Å². The summed E-state index contributed by atoms with van der Waals surface area (Å²) in [7, 11) is 0. The second-order valence-corrected chi connectivity index (χ2v) is 4.45. The zero-order valence-electron chi connectivity index (χ0n) is 7.89. The summed E-state index contributed by atoms with van der Waals surface area (Å²) in [5, 5.41) is 4.06. The zero-order valence-corrected chi connectivity index (χ0v) is 10.2. The van der Waals surface area contributed by atoms with Crippen LogP contribution in [0.1, 0.15) is 12.0 Å². The van der Waals surface area contributed by atoms with E-state index in [1.807, 2.05) is 12.1 Å². The minimum atomic E-state index is 0.728. The van der Waals surface area contributed by atoms with Crippen LogP contribution in [0.25, 0.3) is 0 Å². The van der Waals surface area contributed by atoms with Crippen LogP contribution in [0.3, 0.4) is 0 Å². The molecular formula is C10H14BrClN2. The second-order valence-electron chi connectivity index (χ2n) is 3.10. The molecule has 1 aromatic rings. The Labute approximate surface area is 98.0 Å². The fourth-order valence-corrected chi connectivity index (χ4v) is 2.10. The van der Waals surface area contributed by atoms with Crippen molar-refractivity contribution in [2.45, 2.75) is 13.0 Å². The molecule has 0 heterocycles. The van der Waals surface area contributed by atoms with Crippen molar-refractivity contribution in [1.82, 2.24) is 5.32 Å². The molecule has 0 unspecified atom stereocenters. The first-order valence-corrected chi connectivity index (χ1v) is 5.75. The molecule has 0 fully saturated rings. The third-order valence-corrected chi connectivity index (χ3v) is 2.49. The summed E-state index contributed by atoms with van der Waals surface area (Å²) >= 11 is 9.32. The van der Waals surface area contributed by atoms with Crippen molar-refractivity contribution >= 4 is 27.5 Å². The van der Waals surface area contributed by atoms with Crippen molar-refractivity contribution in [3.8, 4) is 0 Å². The maximum atomic E-state index is 5.91. The van der Waals surface area contributed by atoms with Crippen LogP contribution in [0.4, 0.5) is 0 Å². The van der Waals surface area contributed by atoms with Gasteiger partial charge in [0.1, 0.15) is 0 Å². The van der Waals surface area contributed by atoms with E-state index in [0.29, 0.717) is 0 Å². The van der Waals surface area contributed by atoms with Crippen LogP contribution in [-0.2, 0) is 6.54 Å². The fourth-order valence-electron chi connectivity index (χ4n) is 1.17. The molecule has 14 heavy (non-hydrogen) atoms. The van der Waals surface area contributed by atoms with Crippen molar-refractivity contribution in [2.75, 3.05) is 13.1 Å². The van der Waals surface area contributed by atoms with Gasteiger partial charge >= 0.3 is 0 Å². The van der Waals surface area contributed by atoms with Crippen LogP contribution >= 0.6 is 27.5 Å². The van der Waals surface area contributed by atoms with Crippen LogP contribution in [0.5, 0.6) is 0 Å². The highest BCUT2D eigenvalue weighted by Gasteiger charge is 1.97. The average molecular weight is 278 g/mol. The Morgan fingerprint density at radius 2 is 2.14 bits per heavy atom. The summed E-state index contributed by atoms with van der Waals surface area (Å²) in [6.45, 7) is 2.51. The second kappa shape index (κ2) is 6.40. The van der Waals surface area contributed by atoms with E-state index in [1.54, 1.807) is 0 Å². The van der Waals surface area contributed by atoms with Gasteiger partial charge in [-0.3, -0.25) is 0 Å². The minimum absolute atomic E-state index is 0.728. The molecule has 78 valence electrons. The number of hydrogen-bond donors (Lipinski definition) is 2. The molecule has 1 rings (SSSR count). The summed E-state index contributed by atoms with van der Waals surface area (Å²) in [5.41, 5.74) is 6.57. The van der Waals surface area contributed by atoms with E-state index >= 15 is 0 Å². The topological polar surface area (TPSA) is 38.0 Å². The molecule has 0 bridgehead atoms. The van der Waals surface area contributed by atoms with E-state index < -0.39 is 0 Å². The highest BCUT2D eigenvalue weighted by Crippen LogP contribution is 2.19. The van der Waals surface area contributed by atoms with Crippen LogP contribution in [0.2, 0.25) is 5.02 Å². The van der Waals surface area contributed by atoms with E-state index in [1.165, 1.54) is 5.56 Å². The Morgan fingerprint density at radius 1 is 1.36 bits per heavy atom. The normalized spacial score (nSPS) is 10.5. The number of benzene rings is 1. The van der Waals surface area contributed by atoms with Crippen LogP contribution < -0.4 is 11.1 Å². The molecular weight excluding hydrogens is 263 g/mol. The Kier molecular flexibility index (Phi) is 5.48. The molecule has 0 aliphatic carbocycles. The number of halogens is 2. The lowest BCUT2D eigenvalue weighted by Gasteiger charge is -2.05. The monoisotopic (exact) mass is 276 g/mol. The molecule has 0 saturated heterocycles. The summed E-state index contributed by atoms with van der Waals surface area (Å²) in [4.78, 5) is 0. The zero-order chi connectivity index (χ0) is 10.4. The molecule has 0 spiro atoms. The van der Waals surface area contributed by atoms with Gasteiger partial charge in [-0.1, -0.05) is 27.5 Å². The molecule has 0 aliphatic heterocycles. The Bertz CT molecular complexity index is 271. The van der Waals surface area contributed by atoms with E-state index in [-0.39, 0.29) is 0 Å². The largest absolute Gasteiger partial charge is 0.330 e. The van der Waals surface area contributed by atoms with Crippen LogP contribution in [0, 0.1) is 0 Å². The molecule has 3 N–H and O–H groups in total. The van der Waals surface area contributed by atoms with Gasteiger partial charge in [0.25, 0.3) is 0 Å². The van der Waals surface area contributed by atoms with Gasteiger partial charge < -0.3 is 11.1 Å². The van der Waals surface area contributed by atoms with Gasteiger partial charge in [0.15, 0.2) is 0 Å². The van der Waals surface area contributed by atoms with Gasteiger partial charge in [-0.2, -0.15) is 0 Å². The molecule has 1 aromatic carbocycles. The summed E-state index contributed by atoms with van der Waals surface area (Å²) in [5.74, 6) is 0. The van der Waals surface area contributed by atoms with Crippen molar-refractivity contribution in [1.29, 1.82) is 0 Å². The first-order chi connectivity index (χ1) is 6.72. The lowest BCUT2D eigenvalue weighted by molar-refractivity contribution is 0.655. The summed E-state index contributed by atoms with van der Waals surface area (Å²) in [6, 6.07) is 5.90. The lowest BCUT2D eigenvalue weighted by Crippen LogP contribution is -2.17. The SMILES string of the molecule is NCCCNCc1cc(Cl)cc(Br)c1. The predicted molar refractivity (Wildman–Crippen MR) is 64.5 cm³/mol. The maximum Gasteiger partial charge on any atom is 0.0420 e. The number of hydrogen-bond acceptors (Lipinski definition) is 2. The fraction of sp³-hybridized carbons (Fsp3) is 0.400. The molecule has 0 atom stereocenters. The highest BCUT2D eigenvalue weighted by molar-refractivity contribution is 9.10. The molecule has 0 saturated carbocycles. The smallest absolute Gasteiger partial charge is 0.0420 e. The quantitative estimate of drug-likeness (QED) is 0.812. The van der Waals surface area contributed by atoms with Crippen LogP contribution in [0.15, 0.2) is 22.7 Å². The third-order valence-electron chi connectivity index (χ3n) is 1.81. The third kappa shape index (κ3) is 4.42. The molecule has 2 nitrogen and oxygen atoms in total. The standard InChI is InChI=1S/C10H14BrClN2/c11-9-4-8(5-10(12)6-9)7-14-3-1-2-13/h4-6,14H,1-3,7,13H2. The van der Waals surface area contributed by atoms with Gasteiger partial charge in [-0.25, -0.2) is 0 Å². The predicted octanol–water partition coefficient (Wildman–Crippen LogP) is 2.54. The van der Waals surface area contributed by atoms with Crippen molar-refractivity contribution in [3.05, 3.63) is 33.3 Å². The minimum Gasteiger partial charge on any atom is -0.330 e. The summed E-state index contributed by atoms with van der Waals surface area (Å²) in [6.07, 6.45) is 1.00. The van der Waals surface area contributed by atoms with Crippen molar-refractivity contribution in [2.24, 2.45) is 5.73 Å². The van der Waals surface area contributed by atoms with E-state index in [4.69, 9.17) is 17.3 Å². The van der Waals surface area contributed by atoms with E-state index in [9.17, 15) is 0 Å². The highest BCUT2D eigenvalue weighted by atomic mass is 79.9. The first kappa shape index (κ1) is 12.0. The van der Waals surface area contributed by atoms with Gasteiger partial charge in [0.2, 0.25) is 0 Å². The maximum absolute atomic E-state index is 5.91. The molecule has 0 radical (unpaired) electrons. The van der Waals surface area contributed by atoms with Gasteiger partial charge in [0, 0.05) is 16.0 Å². The van der Waals surface area contributed by atoms with E-state index in [2.05, 4.69) is 27.3 Å². The molecule has 4 heteroatoms. The number of nitrogens with two attached hydrogens (primary N) is 1. The van der Waals surface area contributed by atoms with E-state index in [0.717, 1.165) is 35.6 Å². The molecule has 0 aromatic heterocycles. The molecule has 0 aliphatic rings. The van der Waals surface area contributed by atoms with Crippen molar-refractivity contribution in [3.63, 3.8) is 0 Å². The number of rotatable bonds is 5. The van der Waals surface area contributed by atoms with Gasteiger partial charge in [0.05, 0.1) is 0 Å². The van der Waals surface area contributed by atoms with Crippen molar-refractivity contribution < 1.29 is 0 Å².